The van der Waals surface area contributed by atoms with Gasteiger partial charge in [-0.25, -0.2) is 0 Å². The SMILES string of the molecule is COC(=O)CCC/C(C#N)=C1/C[C@@H]2[C@@H](CO[Si](C)(C)C(C)(C)C)[C@H](OC(C)=O)C[C@@H]2O1. The summed E-state index contributed by atoms with van der Waals surface area (Å²) in [5.74, 6) is 0.321. The van der Waals surface area contributed by atoms with Gasteiger partial charge in [0.1, 0.15) is 18.0 Å². The number of rotatable bonds is 8. The summed E-state index contributed by atoms with van der Waals surface area (Å²) >= 11 is 0. The number of carbonyl (C=O) groups is 2. The maximum absolute atomic E-state index is 11.7. The molecule has 0 radical (unpaired) electrons. The molecule has 0 aromatic rings. The highest BCUT2D eigenvalue weighted by molar-refractivity contribution is 6.74. The van der Waals surface area contributed by atoms with Crippen LogP contribution in [0.15, 0.2) is 11.3 Å². The molecule has 1 aliphatic heterocycles. The fraction of sp³-hybridized carbons (Fsp3) is 0.783. The molecule has 0 N–H and O–H groups in total. The molecule has 2 fully saturated rings. The second kappa shape index (κ2) is 10.2. The lowest BCUT2D eigenvalue weighted by Crippen LogP contribution is -2.43. The molecule has 0 spiro atoms. The van der Waals surface area contributed by atoms with Gasteiger partial charge >= 0.3 is 11.9 Å². The van der Waals surface area contributed by atoms with E-state index in [9.17, 15) is 14.9 Å². The summed E-state index contributed by atoms with van der Waals surface area (Å²) in [5, 5.41) is 9.71. The van der Waals surface area contributed by atoms with Gasteiger partial charge in [0.15, 0.2) is 8.32 Å². The van der Waals surface area contributed by atoms with Gasteiger partial charge in [0.05, 0.1) is 18.8 Å². The fourth-order valence-electron chi connectivity index (χ4n) is 4.06. The van der Waals surface area contributed by atoms with Crippen molar-refractivity contribution in [3.63, 3.8) is 0 Å². The van der Waals surface area contributed by atoms with E-state index in [1.54, 1.807) is 0 Å². The molecule has 1 heterocycles. The van der Waals surface area contributed by atoms with E-state index in [2.05, 4.69) is 44.7 Å². The number of fused-ring (bicyclic) bond motifs is 1. The number of nitrogens with zero attached hydrogens (tertiary/aromatic N) is 1. The summed E-state index contributed by atoms with van der Waals surface area (Å²) in [7, 11) is -0.593. The Bertz CT molecular complexity index is 748. The van der Waals surface area contributed by atoms with Crippen molar-refractivity contribution in [2.45, 2.75) is 90.1 Å². The Kier molecular flexibility index (Phi) is 8.34. The second-order valence-electron chi connectivity index (χ2n) is 10.1. The number of nitriles is 1. The van der Waals surface area contributed by atoms with Crippen LogP contribution in [0.1, 0.15) is 59.8 Å². The third-order valence-electron chi connectivity index (χ3n) is 6.95. The van der Waals surface area contributed by atoms with E-state index in [1.165, 1.54) is 14.0 Å². The molecule has 1 aliphatic carbocycles. The maximum atomic E-state index is 11.7. The van der Waals surface area contributed by atoms with E-state index in [1.807, 2.05) is 0 Å². The highest BCUT2D eigenvalue weighted by atomic mass is 28.4. The molecule has 174 valence electrons. The van der Waals surface area contributed by atoms with Crippen LogP contribution < -0.4 is 0 Å². The molecule has 2 aliphatic rings. The zero-order chi connectivity index (χ0) is 23.4. The fourth-order valence-corrected chi connectivity index (χ4v) is 5.10. The zero-order valence-corrected chi connectivity index (χ0v) is 20.9. The van der Waals surface area contributed by atoms with Crippen molar-refractivity contribution < 1.29 is 28.2 Å². The van der Waals surface area contributed by atoms with E-state index in [0.29, 0.717) is 43.6 Å². The predicted molar refractivity (Wildman–Crippen MR) is 118 cm³/mol. The average molecular weight is 452 g/mol. The van der Waals surface area contributed by atoms with Crippen LogP contribution in [0.4, 0.5) is 0 Å². The lowest BCUT2D eigenvalue weighted by atomic mass is 9.91. The van der Waals surface area contributed by atoms with Crippen molar-refractivity contribution >= 4 is 20.3 Å². The Morgan fingerprint density at radius 2 is 1.94 bits per heavy atom. The summed E-state index contributed by atoms with van der Waals surface area (Å²) in [6.45, 7) is 13.0. The molecule has 0 bridgehead atoms. The first-order chi connectivity index (χ1) is 14.4. The number of esters is 2. The lowest BCUT2D eigenvalue weighted by Gasteiger charge is -2.38. The predicted octanol–water partition coefficient (Wildman–Crippen LogP) is 4.49. The third-order valence-corrected chi connectivity index (χ3v) is 11.5. The van der Waals surface area contributed by atoms with Crippen molar-refractivity contribution in [1.29, 1.82) is 5.26 Å². The van der Waals surface area contributed by atoms with E-state index in [4.69, 9.17) is 13.9 Å². The highest BCUT2D eigenvalue weighted by Crippen LogP contribution is 2.48. The standard InChI is InChI=1S/C23H37NO6Si/c1-15(25)29-21-12-20-17(18(21)14-28-31(6,7)23(2,3)4)11-19(30-20)16(13-24)9-8-10-22(26)27-5/h17-18,20-21H,8-12,14H2,1-7H3/b19-16+/t17-,18-,20+,21-/m1/s1. The quantitative estimate of drug-likeness (QED) is 0.305. The van der Waals surface area contributed by atoms with Gasteiger partial charge in [0.25, 0.3) is 0 Å². The van der Waals surface area contributed by atoms with Crippen LogP contribution >= 0.6 is 0 Å². The molecule has 0 unspecified atom stereocenters. The van der Waals surface area contributed by atoms with Crippen molar-refractivity contribution in [1.82, 2.24) is 0 Å². The lowest BCUT2D eigenvalue weighted by molar-refractivity contribution is -0.149. The van der Waals surface area contributed by atoms with Gasteiger partial charge in [-0.15, -0.1) is 0 Å². The van der Waals surface area contributed by atoms with E-state index >= 15 is 0 Å². The summed E-state index contributed by atoms with van der Waals surface area (Å²) in [5.41, 5.74) is 0.589. The van der Waals surface area contributed by atoms with E-state index < -0.39 is 8.32 Å². The molecule has 0 aromatic carbocycles. The molecule has 1 saturated carbocycles. The molecule has 1 saturated heterocycles. The van der Waals surface area contributed by atoms with Crippen LogP contribution in [0.2, 0.25) is 18.1 Å². The Hall–Kier alpha value is -1.85. The van der Waals surface area contributed by atoms with Crippen LogP contribution in [0.25, 0.3) is 0 Å². The van der Waals surface area contributed by atoms with Gasteiger partial charge in [0.2, 0.25) is 0 Å². The van der Waals surface area contributed by atoms with Crippen LogP contribution in [0.3, 0.4) is 0 Å². The minimum atomic E-state index is -1.95. The first-order valence-corrected chi connectivity index (χ1v) is 14.0. The second-order valence-corrected chi connectivity index (χ2v) is 14.9. The monoisotopic (exact) mass is 451 g/mol. The Labute approximate surface area is 187 Å². The molecule has 2 rings (SSSR count). The van der Waals surface area contributed by atoms with Gasteiger partial charge in [-0.05, 0) is 31.0 Å². The first kappa shape index (κ1) is 25.4. The summed E-state index contributed by atoms with van der Waals surface area (Å²) < 4.78 is 22.9. The minimum Gasteiger partial charge on any atom is -0.493 e. The molecule has 31 heavy (non-hydrogen) atoms. The highest BCUT2D eigenvalue weighted by Gasteiger charge is 2.51. The molecule has 0 amide bonds. The first-order valence-electron chi connectivity index (χ1n) is 11.1. The smallest absolute Gasteiger partial charge is 0.305 e. The Morgan fingerprint density at radius 3 is 2.48 bits per heavy atom. The molecule has 8 heteroatoms. The van der Waals surface area contributed by atoms with Crippen molar-refractivity contribution in [2.75, 3.05) is 13.7 Å². The summed E-state index contributed by atoms with van der Waals surface area (Å²) in [4.78, 5) is 23.0. The van der Waals surface area contributed by atoms with Crippen LogP contribution in [0, 0.1) is 23.2 Å². The number of hydrogen-bond acceptors (Lipinski definition) is 7. The number of allylic oxidation sites excluding steroid dienone is 2. The van der Waals surface area contributed by atoms with Gasteiger partial charge in [-0.2, -0.15) is 5.26 Å². The largest absolute Gasteiger partial charge is 0.493 e. The average Bonchev–Trinajstić information content (AvgIpc) is 3.19. The number of methoxy groups -OCH3 is 1. The molecule has 0 aromatic heterocycles. The molecule has 7 nitrogen and oxygen atoms in total. The normalized spacial score (nSPS) is 27.2. The third kappa shape index (κ3) is 6.33. The Morgan fingerprint density at radius 1 is 1.26 bits per heavy atom. The molecule has 4 atom stereocenters. The zero-order valence-electron chi connectivity index (χ0n) is 19.9. The molecular weight excluding hydrogens is 414 g/mol. The topological polar surface area (TPSA) is 94.9 Å². The maximum Gasteiger partial charge on any atom is 0.305 e. The van der Waals surface area contributed by atoms with E-state index in [0.717, 1.165) is 0 Å². The van der Waals surface area contributed by atoms with Crippen molar-refractivity contribution in [2.24, 2.45) is 11.8 Å². The van der Waals surface area contributed by atoms with Gasteiger partial charge in [-0.3, -0.25) is 9.59 Å². The van der Waals surface area contributed by atoms with Crippen LogP contribution in [-0.2, 0) is 28.2 Å². The number of carbonyl (C=O) groups excluding carboxylic acids is 2. The van der Waals surface area contributed by atoms with Gasteiger partial charge in [-0.1, -0.05) is 20.8 Å². The van der Waals surface area contributed by atoms with E-state index in [-0.39, 0.29) is 47.4 Å². The van der Waals surface area contributed by atoms with Crippen LogP contribution in [0.5, 0.6) is 0 Å². The van der Waals surface area contributed by atoms with Gasteiger partial charge < -0.3 is 18.6 Å². The summed E-state index contributed by atoms with van der Waals surface area (Å²) in [6.07, 6.45) is 2.24. The van der Waals surface area contributed by atoms with Crippen molar-refractivity contribution in [3.8, 4) is 6.07 Å². The van der Waals surface area contributed by atoms with Crippen molar-refractivity contribution in [3.05, 3.63) is 11.3 Å². The van der Waals surface area contributed by atoms with Gasteiger partial charge in [0, 0.05) is 44.6 Å². The van der Waals surface area contributed by atoms with Crippen LogP contribution in [-0.4, -0.2) is 46.2 Å². The Balaban J connectivity index is 2.12. The molecular formula is C23H37NO6Si. The number of hydrogen-bond donors (Lipinski definition) is 0. The number of ether oxygens (including phenoxy) is 3. The minimum absolute atomic E-state index is 0.0375. The summed E-state index contributed by atoms with van der Waals surface area (Å²) in [6, 6.07) is 2.25.